The maximum Gasteiger partial charge on any atom is 0.274 e. The lowest BCUT2D eigenvalue weighted by Crippen LogP contribution is -2.38. The van der Waals surface area contributed by atoms with Crippen LogP contribution in [-0.2, 0) is 4.79 Å². The summed E-state index contributed by atoms with van der Waals surface area (Å²) in [6.45, 7) is 4.14. The van der Waals surface area contributed by atoms with Crippen molar-refractivity contribution in [1.82, 2.24) is 14.3 Å². The Morgan fingerprint density at radius 1 is 1.26 bits per heavy atom. The number of carbonyl (C=O) groups is 2. The van der Waals surface area contributed by atoms with Gasteiger partial charge in [-0.25, -0.2) is 4.98 Å². The van der Waals surface area contributed by atoms with Crippen LogP contribution in [0.1, 0.15) is 23.0 Å². The predicted octanol–water partition coefficient (Wildman–Crippen LogP) is 2.75. The summed E-state index contributed by atoms with van der Waals surface area (Å²) >= 11 is 0. The number of aryl methyl sites for hydroxylation is 1. The van der Waals surface area contributed by atoms with Crippen molar-refractivity contribution in [2.24, 2.45) is 0 Å². The van der Waals surface area contributed by atoms with E-state index in [9.17, 15) is 9.59 Å². The van der Waals surface area contributed by atoms with Gasteiger partial charge < -0.3 is 19.4 Å². The van der Waals surface area contributed by atoms with Gasteiger partial charge in [-0.05, 0) is 43.7 Å². The third-order valence-corrected chi connectivity index (χ3v) is 4.19. The van der Waals surface area contributed by atoms with Crippen molar-refractivity contribution < 1.29 is 14.3 Å². The van der Waals surface area contributed by atoms with Gasteiger partial charge in [0.25, 0.3) is 5.91 Å². The Kier molecular flexibility index (Phi) is 5.40. The van der Waals surface area contributed by atoms with E-state index in [1.165, 1.54) is 4.90 Å². The number of likely N-dealkylation sites (N-methyl/N-ethyl adjacent to an activating group) is 1. The molecule has 0 aliphatic carbocycles. The fraction of sp³-hybridized carbons (Fsp3) is 0.250. The Hall–Kier alpha value is -3.35. The van der Waals surface area contributed by atoms with Crippen LogP contribution in [-0.4, -0.2) is 46.3 Å². The van der Waals surface area contributed by atoms with Gasteiger partial charge in [-0.15, -0.1) is 0 Å². The number of benzene rings is 1. The normalized spacial score (nSPS) is 10.6. The first-order valence-corrected chi connectivity index (χ1v) is 8.68. The Labute approximate surface area is 157 Å². The number of rotatable bonds is 6. The summed E-state index contributed by atoms with van der Waals surface area (Å²) in [7, 11) is 1.56. The average molecular weight is 366 g/mol. The number of amides is 2. The maximum atomic E-state index is 12.8. The number of fused-ring (bicyclic) bond motifs is 1. The van der Waals surface area contributed by atoms with E-state index < -0.39 is 0 Å². The van der Waals surface area contributed by atoms with Gasteiger partial charge in [0.05, 0.1) is 7.11 Å². The van der Waals surface area contributed by atoms with E-state index in [1.54, 1.807) is 42.0 Å². The minimum absolute atomic E-state index is 0.0561. The van der Waals surface area contributed by atoms with Gasteiger partial charge in [0, 0.05) is 30.7 Å². The first-order valence-electron chi connectivity index (χ1n) is 8.68. The average Bonchev–Trinajstić information content (AvgIpc) is 3.08. The number of methoxy groups -OCH3 is 1. The van der Waals surface area contributed by atoms with Crippen molar-refractivity contribution in [3.63, 3.8) is 0 Å². The topological polar surface area (TPSA) is 75.9 Å². The monoisotopic (exact) mass is 366 g/mol. The van der Waals surface area contributed by atoms with E-state index in [-0.39, 0.29) is 18.4 Å². The molecule has 0 atom stereocenters. The van der Waals surface area contributed by atoms with E-state index in [1.807, 2.05) is 32.2 Å². The number of pyridine rings is 1. The Morgan fingerprint density at radius 3 is 2.81 bits per heavy atom. The molecule has 2 amide bonds. The molecule has 0 fully saturated rings. The highest BCUT2D eigenvalue weighted by atomic mass is 16.5. The summed E-state index contributed by atoms with van der Waals surface area (Å²) in [6, 6.07) is 10.9. The molecule has 0 saturated heterocycles. The molecule has 2 heterocycles. The molecule has 7 heteroatoms. The second kappa shape index (κ2) is 7.90. The molecular weight excluding hydrogens is 344 g/mol. The van der Waals surface area contributed by atoms with Crippen LogP contribution in [0.4, 0.5) is 5.69 Å². The van der Waals surface area contributed by atoms with E-state index in [2.05, 4.69) is 10.3 Å². The smallest absolute Gasteiger partial charge is 0.274 e. The fourth-order valence-corrected chi connectivity index (χ4v) is 2.75. The molecule has 140 valence electrons. The summed E-state index contributed by atoms with van der Waals surface area (Å²) in [4.78, 5) is 31.0. The third-order valence-electron chi connectivity index (χ3n) is 4.19. The van der Waals surface area contributed by atoms with Crippen molar-refractivity contribution >= 4 is 23.1 Å². The van der Waals surface area contributed by atoms with E-state index in [4.69, 9.17) is 4.74 Å². The summed E-state index contributed by atoms with van der Waals surface area (Å²) in [5.41, 5.74) is 2.70. The first kappa shape index (κ1) is 18.4. The lowest BCUT2D eigenvalue weighted by molar-refractivity contribution is -0.116. The highest BCUT2D eigenvalue weighted by Gasteiger charge is 2.20. The lowest BCUT2D eigenvalue weighted by atomic mass is 10.3. The van der Waals surface area contributed by atoms with E-state index >= 15 is 0 Å². The van der Waals surface area contributed by atoms with Gasteiger partial charge in [0.1, 0.15) is 23.6 Å². The van der Waals surface area contributed by atoms with Gasteiger partial charge in [0.15, 0.2) is 0 Å². The number of anilines is 1. The van der Waals surface area contributed by atoms with Gasteiger partial charge in [0.2, 0.25) is 5.91 Å². The molecule has 27 heavy (non-hydrogen) atoms. The number of nitrogens with one attached hydrogen (secondary N) is 1. The molecular formula is C20H22N4O3. The molecule has 1 N–H and O–H groups in total. The van der Waals surface area contributed by atoms with Crippen molar-refractivity contribution in [2.75, 3.05) is 25.5 Å². The van der Waals surface area contributed by atoms with Crippen LogP contribution >= 0.6 is 0 Å². The summed E-state index contributed by atoms with van der Waals surface area (Å²) in [5.74, 6) is 0.0916. The molecule has 7 nitrogen and oxygen atoms in total. The molecule has 0 aliphatic heterocycles. The van der Waals surface area contributed by atoms with Crippen molar-refractivity contribution in [3.05, 3.63) is 60.0 Å². The molecule has 3 rings (SSSR count). The molecule has 0 aliphatic rings. The number of hydrogen-bond acceptors (Lipinski definition) is 4. The van der Waals surface area contributed by atoms with Gasteiger partial charge in [-0.3, -0.25) is 9.59 Å². The zero-order valence-corrected chi connectivity index (χ0v) is 15.6. The quantitative estimate of drug-likeness (QED) is 0.728. The minimum Gasteiger partial charge on any atom is -0.497 e. The molecule has 0 saturated carbocycles. The molecule has 0 spiro atoms. The largest absolute Gasteiger partial charge is 0.497 e. The highest BCUT2D eigenvalue weighted by Crippen LogP contribution is 2.17. The Bertz CT molecular complexity index is 980. The second-order valence-corrected chi connectivity index (χ2v) is 6.20. The molecule has 0 radical (unpaired) electrons. The van der Waals surface area contributed by atoms with Crippen LogP contribution in [0, 0.1) is 6.92 Å². The second-order valence-electron chi connectivity index (χ2n) is 6.20. The summed E-state index contributed by atoms with van der Waals surface area (Å²) in [6.07, 6.45) is 3.54. The first-order chi connectivity index (χ1) is 13.0. The lowest BCUT2D eigenvalue weighted by Gasteiger charge is -2.19. The number of aromatic nitrogens is 2. The van der Waals surface area contributed by atoms with Crippen LogP contribution in [0.25, 0.3) is 5.65 Å². The maximum absolute atomic E-state index is 12.8. The fourth-order valence-electron chi connectivity index (χ4n) is 2.75. The molecule has 0 bridgehead atoms. The van der Waals surface area contributed by atoms with Crippen molar-refractivity contribution in [3.8, 4) is 5.75 Å². The van der Waals surface area contributed by atoms with Gasteiger partial charge >= 0.3 is 0 Å². The number of carbonyl (C=O) groups excluding carboxylic acids is 2. The van der Waals surface area contributed by atoms with Crippen LogP contribution in [0.5, 0.6) is 5.75 Å². The number of hydrogen-bond donors (Lipinski definition) is 1. The van der Waals surface area contributed by atoms with Crippen LogP contribution in [0.15, 0.2) is 48.8 Å². The van der Waals surface area contributed by atoms with Crippen molar-refractivity contribution in [1.29, 1.82) is 0 Å². The standard InChI is InChI=1S/C20H22N4O3/c1-4-23(13-19(25)21-15-6-5-7-16(11-15)27-3)20(26)17-12-24-9-8-14(2)10-18(24)22-17/h5-12H,4,13H2,1-3H3,(H,21,25). The van der Waals surface area contributed by atoms with Crippen LogP contribution in [0.3, 0.4) is 0 Å². The SMILES string of the molecule is CCN(CC(=O)Nc1cccc(OC)c1)C(=O)c1cn2ccc(C)cc2n1. The number of ether oxygens (including phenoxy) is 1. The highest BCUT2D eigenvalue weighted by molar-refractivity contribution is 5.98. The van der Waals surface area contributed by atoms with Crippen molar-refractivity contribution in [2.45, 2.75) is 13.8 Å². The number of imidazole rings is 1. The zero-order chi connectivity index (χ0) is 19.4. The molecule has 1 aromatic carbocycles. The Balaban J connectivity index is 1.71. The molecule has 2 aromatic heterocycles. The minimum atomic E-state index is -0.280. The summed E-state index contributed by atoms with van der Waals surface area (Å²) in [5, 5.41) is 2.78. The van der Waals surface area contributed by atoms with Gasteiger partial charge in [-0.1, -0.05) is 6.07 Å². The van der Waals surface area contributed by atoms with E-state index in [0.29, 0.717) is 29.3 Å². The van der Waals surface area contributed by atoms with Crippen LogP contribution < -0.4 is 10.1 Å². The predicted molar refractivity (Wildman–Crippen MR) is 103 cm³/mol. The molecule has 0 unspecified atom stereocenters. The molecule has 3 aromatic rings. The summed E-state index contributed by atoms with van der Waals surface area (Å²) < 4.78 is 6.94. The van der Waals surface area contributed by atoms with Crippen LogP contribution in [0.2, 0.25) is 0 Å². The number of nitrogens with zero attached hydrogens (tertiary/aromatic N) is 3. The van der Waals surface area contributed by atoms with E-state index in [0.717, 1.165) is 5.56 Å². The van der Waals surface area contributed by atoms with Gasteiger partial charge in [-0.2, -0.15) is 0 Å². The zero-order valence-electron chi connectivity index (χ0n) is 15.6. The Morgan fingerprint density at radius 2 is 2.07 bits per heavy atom. The third kappa shape index (κ3) is 4.25.